The molecule has 0 bridgehead atoms. The van der Waals surface area contributed by atoms with Crippen LogP contribution in [0.3, 0.4) is 0 Å². The molecule has 2 atom stereocenters. The molecule has 0 aromatic heterocycles. The minimum atomic E-state index is -0.648. The molecule has 0 radical (unpaired) electrons. The second-order valence-corrected chi connectivity index (χ2v) is 4.22. The predicted molar refractivity (Wildman–Crippen MR) is 69.1 cm³/mol. The second kappa shape index (κ2) is 7.30. The number of benzene rings is 1. The molecular weight excluding hydrogens is 238 g/mol. The zero-order chi connectivity index (χ0) is 12.7. The Morgan fingerprint density at radius 2 is 2.06 bits per heavy atom. The molecule has 0 fully saturated rings. The van der Waals surface area contributed by atoms with Crippen molar-refractivity contribution in [2.24, 2.45) is 0 Å². The van der Waals surface area contributed by atoms with Crippen LogP contribution in [0.2, 0.25) is 0 Å². The van der Waals surface area contributed by atoms with Crippen molar-refractivity contribution in [2.75, 3.05) is 13.2 Å². The molecule has 2 unspecified atom stereocenters. The summed E-state index contributed by atoms with van der Waals surface area (Å²) in [5, 5.41) is 2.12. The zero-order valence-corrected chi connectivity index (χ0v) is 10.9. The highest BCUT2D eigenvalue weighted by molar-refractivity contribution is 6.30. The van der Waals surface area contributed by atoms with Crippen LogP contribution in [0.1, 0.15) is 24.8 Å². The molecule has 0 saturated carbocycles. The van der Waals surface area contributed by atoms with Gasteiger partial charge < -0.3 is 10.1 Å². The summed E-state index contributed by atoms with van der Waals surface area (Å²) in [5.41, 5.74) is 0.802. The van der Waals surface area contributed by atoms with Crippen molar-refractivity contribution >= 4 is 17.5 Å². The van der Waals surface area contributed by atoms with Gasteiger partial charge in [-0.25, -0.2) is 0 Å². The Balaban J connectivity index is 2.43. The van der Waals surface area contributed by atoms with Gasteiger partial charge in [-0.1, -0.05) is 30.3 Å². The van der Waals surface area contributed by atoms with Gasteiger partial charge in [-0.2, -0.15) is 0 Å². The van der Waals surface area contributed by atoms with Gasteiger partial charge >= 0.3 is 0 Å². The molecule has 1 amide bonds. The van der Waals surface area contributed by atoms with Gasteiger partial charge in [0.2, 0.25) is 5.91 Å². The monoisotopic (exact) mass is 255 g/mol. The SMILES string of the molecule is CCOC(C)CNC(=O)C(Cl)c1ccccc1. The van der Waals surface area contributed by atoms with Crippen LogP contribution in [-0.2, 0) is 9.53 Å². The summed E-state index contributed by atoms with van der Waals surface area (Å²) in [7, 11) is 0. The molecule has 4 heteroatoms. The zero-order valence-electron chi connectivity index (χ0n) is 10.2. The van der Waals surface area contributed by atoms with E-state index in [0.29, 0.717) is 13.2 Å². The number of amides is 1. The molecule has 0 saturated heterocycles. The normalized spacial score (nSPS) is 14.1. The van der Waals surface area contributed by atoms with E-state index in [-0.39, 0.29) is 12.0 Å². The number of alkyl halides is 1. The maximum Gasteiger partial charge on any atom is 0.242 e. The van der Waals surface area contributed by atoms with Crippen molar-refractivity contribution in [3.05, 3.63) is 35.9 Å². The van der Waals surface area contributed by atoms with Gasteiger partial charge in [-0.3, -0.25) is 4.79 Å². The van der Waals surface area contributed by atoms with Crippen LogP contribution >= 0.6 is 11.6 Å². The van der Waals surface area contributed by atoms with E-state index in [0.717, 1.165) is 5.56 Å². The van der Waals surface area contributed by atoms with Gasteiger partial charge in [0, 0.05) is 13.2 Å². The van der Waals surface area contributed by atoms with Crippen molar-refractivity contribution < 1.29 is 9.53 Å². The fourth-order valence-electron chi connectivity index (χ4n) is 1.45. The molecule has 94 valence electrons. The number of ether oxygens (including phenoxy) is 1. The summed E-state index contributed by atoms with van der Waals surface area (Å²) >= 11 is 6.06. The van der Waals surface area contributed by atoms with Gasteiger partial charge in [0.15, 0.2) is 0 Å². The van der Waals surface area contributed by atoms with Crippen LogP contribution < -0.4 is 5.32 Å². The van der Waals surface area contributed by atoms with Crippen molar-refractivity contribution in [3.8, 4) is 0 Å². The molecular formula is C13H18ClNO2. The van der Waals surface area contributed by atoms with E-state index in [1.807, 2.05) is 44.2 Å². The first-order chi connectivity index (χ1) is 8.15. The second-order valence-electron chi connectivity index (χ2n) is 3.78. The van der Waals surface area contributed by atoms with Gasteiger partial charge in [-0.05, 0) is 19.4 Å². The van der Waals surface area contributed by atoms with E-state index in [1.54, 1.807) is 0 Å². The first-order valence-electron chi connectivity index (χ1n) is 5.73. The molecule has 1 aromatic carbocycles. The maximum atomic E-state index is 11.8. The lowest BCUT2D eigenvalue weighted by molar-refractivity contribution is -0.121. The van der Waals surface area contributed by atoms with Crippen LogP contribution in [0.4, 0.5) is 0 Å². The lowest BCUT2D eigenvalue weighted by Gasteiger charge is -2.15. The van der Waals surface area contributed by atoms with Crippen molar-refractivity contribution in [1.82, 2.24) is 5.32 Å². The Morgan fingerprint density at radius 3 is 2.65 bits per heavy atom. The van der Waals surface area contributed by atoms with Gasteiger partial charge in [-0.15, -0.1) is 11.6 Å². The van der Waals surface area contributed by atoms with Crippen LogP contribution in [0.15, 0.2) is 30.3 Å². The third-order valence-electron chi connectivity index (χ3n) is 2.34. The summed E-state index contributed by atoms with van der Waals surface area (Å²) < 4.78 is 5.32. The van der Waals surface area contributed by atoms with Crippen LogP contribution in [0.5, 0.6) is 0 Å². The van der Waals surface area contributed by atoms with Crippen LogP contribution in [0, 0.1) is 0 Å². The lowest BCUT2D eigenvalue weighted by atomic mass is 10.1. The number of nitrogens with one attached hydrogen (secondary N) is 1. The summed E-state index contributed by atoms with van der Waals surface area (Å²) in [6.45, 7) is 4.95. The molecule has 0 spiro atoms. The topological polar surface area (TPSA) is 38.3 Å². The van der Waals surface area contributed by atoms with Gasteiger partial charge in [0.25, 0.3) is 0 Å². The van der Waals surface area contributed by atoms with Crippen molar-refractivity contribution in [2.45, 2.75) is 25.3 Å². The number of carbonyl (C=O) groups excluding carboxylic acids is 1. The van der Waals surface area contributed by atoms with Gasteiger partial charge in [0.05, 0.1) is 6.10 Å². The smallest absolute Gasteiger partial charge is 0.242 e. The van der Waals surface area contributed by atoms with Crippen LogP contribution in [-0.4, -0.2) is 25.2 Å². The number of rotatable bonds is 6. The third kappa shape index (κ3) is 4.75. The quantitative estimate of drug-likeness (QED) is 0.794. The van der Waals surface area contributed by atoms with E-state index in [4.69, 9.17) is 16.3 Å². The number of hydrogen-bond acceptors (Lipinski definition) is 2. The number of hydrogen-bond donors (Lipinski definition) is 1. The molecule has 1 aromatic rings. The molecule has 0 aliphatic rings. The summed E-state index contributed by atoms with van der Waals surface area (Å²) in [5.74, 6) is -0.190. The van der Waals surface area contributed by atoms with E-state index in [9.17, 15) is 4.79 Å². The maximum absolute atomic E-state index is 11.8. The molecule has 17 heavy (non-hydrogen) atoms. The first kappa shape index (κ1) is 14.0. The van der Waals surface area contributed by atoms with Crippen molar-refractivity contribution in [3.63, 3.8) is 0 Å². The van der Waals surface area contributed by atoms with E-state index in [1.165, 1.54) is 0 Å². The lowest BCUT2D eigenvalue weighted by Crippen LogP contribution is -2.34. The average molecular weight is 256 g/mol. The minimum absolute atomic E-state index is 0.00332. The summed E-state index contributed by atoms with van der Waals surface area (Å²) in [6.07, 6.45) is 0.00332. The minimum Gasteiger partial charge on any atom is -0.377 e. The van der Waals surface area contributed by atoms with Crippen molar-refractivity contribution in [1.29, 1.82) is 0 Å². The first-order valence-corrected chi connectivity index (χ1v) is 6.17. The Bertz CT molecular complexity index is 343. The van der Waals surface area contributed by atoms with Gasteiger partial charge in [0.1, 0.15) is 5.38 Å². The average Bonchev–Trinajstić information content (AvgIpc) is 2.36. The highest BCUT2D eigenvalue weighted by Crippen LogP contribution is 2.19. The molecule has 0 heterocycles. The fourth-order valence-corrected chi connectivity index (χ4v) is 1.67. The van der Waals surface area contributed by atoms with E-state index in [2.05, 4.69) is 5.32 Å². The molecule has 1 rings (SSSR count). The third-order valence-corrected chi connectivity index (χ3v) is 2.79. The Kier molecular flexibility index (Phi) is 6.01. The number of carbonyl (C=O) groups is 1. The highest BCUT2D eigenvalue weighted by Gasteiger charge is 2.17. The predicted octanol–water partition coefficient (Wildman–Crippen LogP) is 2.51. The Morgan fingerprint density at radius 1 is 1.41 bits per heavy atom. The summed E-state index contributed by atoms with van der Waals surface area (Å²) in [4.78, 5) is 11.8. The fraction of sp³-hybridized carbons (Fsp3) is 0.462. The van der Waals surface area contributed by atoms with E-state index < -0.39 is 5.38 Å². The van der Waals surface area contributed by atoms with E-state index >= 15 is 0 Å². The summed E-state index contributed by atoms with van der Waals surface area (Å²) in [6, 6.07) is 9.29. The molecule has 3 nitrogen and oxygen atoms in total. The molecule has 0 aliphatic heterocycles. The Hall–Kier alpha value is -1.06. The Labute approximate surface area is 107 Å². The number of halogens is 1. The highest BCUT2D eigenvalue weighted by atomic mass is 35.5. The van der Waals surface area contributed by atoms with Crippen LogP contribution in [0.25, 0.3) is 0 Å². The molecule has 0 aliphatic carbocycles. The largest absolute Gasteiger partial charge is 0.377 e. The standard InChI is InChI=1S/C13H18ClNO2/c1-3-17-10(2)9-15-13(16)12(14)11-7-5-4-6-8-11/h4-8,10,12H,3,9H2,1-2H3,(H,15,16). The molecule has 1 N–H and O–H groups in total.